The van der Waals surface area contributed by atoms with E-state index in [0.717, 1.165) is 0 Å². The number of unbranched alkanes of at least 4 members (excludes halogenated alkanes) is 6. The van der Waals surface area contributed by atoms with E-state index >= 15 is 0 Å². The maximum atomic E-state index is 4.22. The summed E-state index contributed by atoms with van der Waals surface area (Å²) < 4.78 is 0. The Morgan fingerprint density at radius 1 is 0.846 bits per heavy atom. The van der Waals surface area contributed by atoms with E-state index in [1.165, 1.54) is 92.0 Å². The second-order valence-corrected chi connectivity index (χ2v) is 7.99. The Morgan fingerprint density at radius 2 is 1.46 bits per heavy atom. The minimum Gasteiger partial charge on any atom is -0.0987 e. The van der Waals surface area contributed by atoms with Crippen molar-refractivity contribution in [2.75, 3.05) is 0 Å². The molecule has 1 aliphatic rings. The van der Waals surface area contributed by atoms with Crippen LogP contribution in [0.5, 0.6) is 0 Å². The molecular formula is C26H38. The van der Waals surface area contributed by atoms with E-state index in [2.05, 4.69) is 64.3 Å². The van der Waals surface area contributed by atoms with Gasteiger partial charge in [-0.3, -0.25) is 0 Å². The summed E-state index contributed by atoms with van der Waals surface area (Å²) in [6, 6.07) is 6.99. The minimum absolute atomic E-state index is 0.147. The molecule has 0 amide bonds. The zero-order valence-electron chi connectivity index (χ0n) is 17.4. The number of aryl methyl sites for hydroxylation is 1. The molecule has 0 unspecified atom stereocenters. The second-order valence-electron chi connectivity index (χ2n) is 7.99. The topological polar surface area (TPSA) is 0 Å². The predicted molar refractivity (Wildman–Crippen MR) is 118 cm³/mol. The number of fused-ring (bicyclic) bond motifs is 1. The molecule has 0 spiro atoms. The number of hydrogen-bond acceptors (Lipinski definition) is 0. The van der Waals surface area contributed by atoms with Crippen molar-refractivity contribution in [3.63, 3.8) is 0 Å². The first-order valence-electron chi connectivity index (χ1n) is 10.8. The van der Waals surface area contributed by atoms with Crippen molar-refractivity contribution in [2.45, 2.75) is 90.4 Å². The minimum atomic E-state index is 0.147. The van der Waals surface area contributed by atoms with E-state index in [0.29, 0.717) is 0 Å². The van der Waals surface area contributed by atoms with Crippen LogP contribution in [-0.4, -0.2) is 0 Å². The SMILES string of the molecule is C=CC1=C(C=C)C(CCCCCC)(CCCCCC)c2cc(C)ccc21. The Kier molecular flexibility index (Phi) is 7.94. The summed E-state index contributed by atoms with van der Waals surface area (Å²) in [5.41, 5.74) is 7.20. The van der Waals surface area contributed by atoms with Gasteiger partial charge in [0.15, 0.2) is 0 Å². The van der Waals surface area contributed by atoms with Gasteiger partial charge in [-0.05, 0) is 42.0 Å². The molecule has 1 aromatic carbocycles. The lowest BCUT2D eigenvalue weighted by Crippen LogP contribution is -2.26. The summed E-state index contributed by atoms with van der Waals surface area (Å²) in [6.07, 6.45) is 17.2. The van der Waals surface area contributed by atoms with Gasteiger partial charge in [0.25, 0.3) is 0 Å². The van der Waals surface area contributed by atoms with Crippen LogP contribution < -0.4 is 0 Å². The zero-order valence-corrected chi connectivity index (χ0v) is 17.4. The van der Waals surface area contributed by atoms with E-state index in [4.69, 9.17) is 0 Å². The van der Waals surface area contributed by atoms with Gasteiger partial charge < -0.3 is 0 Å². The smallest absolute Gasteiger partial charge is 0.0215 e. The van der Waals surface area contributed by atoms with Crippen LogP contribution in [0, 0.1) is 6.92 Å². The Bertz CT molecular complexity index is 632. The van der Waals surface area contributed by atoms with Crippen molar-refractivity contribution in [1.82, 2.24) is 0 Å². The van der Waals surface area contributed by atoms with Crippen LogP contribution in [0.2, 0.25) is 0 Å². The fraction of sp³-hybridized carbons (Fsp3) is 0.538. The molecule has 0 aliphatic heterocycles. The molecule has 0 heterocycles. The largest absolute Gasteiger partial charge is 0.0987 e. The summed E-state index contributed by atoms with van der Waals surface area (Å²) in [4.78, 5) is 0. The van der Waals surface area contributed by atoms with Crippen molar-refractivity contribution >= 4 is 5.57 Å². The maximum Gasteiger partial charge on any atom is 0.0215 e. The highest BCUT2D eigenvalue weighted by Crippen LogP contribution is 2.53. The van der Waals surface area contributed by atoms with Crippen molar-refractivity contribution < 1.29 is 0 Å². The molecule has 0 N–H and O–H groups in total. The second kappa shape index (κ2) is 9.95. The summed E-state index contributed by atoms with van der Waals surface area (Å²) >= 11 is 0. The summed E-state index contributed by atoms with van der Waals surface area (Å²) in [7, 11) is 0. The third-order valence-electron chi connectivity index (χ3n) is 6.11. The number of hydrogen-bond donors (Lipinski definition) is 0. The Balaban J connectivity index is 2.44. The van der Waals surface area contributed by atoms with Gasteiger partial charge >= 0.3 is 0 Å². The van der Waals surface area contributed by atoms with Gasteiger partial charge in [-0.15, -0.1) is 0 Å². The van der Waals surface area contributed by atoms with E-state index in [9.17, 15) is 0 Å². The zero-order chi connectivity index (χ0) is 19.0. The van der Waals surface area contributed by atoms with Crippen molar-refractivity contribution in [3.05, 3.63) is 65.8 Å². The lowest BCUT2D eigenvalue weighted by Gasteiger charge is -2.34. The molecule has 0 aromatic heterocycles. The third-order valence-corrected chi connectivity index (χ3v) is 6.11. The van der Waals surface area contributed by atoms with Gasteiger partial charge in [-0.2, -0.15) is 0 Å². The van der Waals surface area contributed by atoms with Gasteiger partial charge in [0.2, 0.25) is 0 Å². The van der Waals surface area contributed by atoms with Gasteiger partial charge in [0.05, 0.1) is 0 Å². The highest BCUT2D eigenvalue weighted by molar-refractivity contribution is 5.87. The standard InChI is InChI=1S/C26H38/c1-6-10-12-14-18-26(19-15-13-11-7-2)24(9-4)22(8-3)23-17-16-21(5)20-25(23)26/h8-9,16-17,20H,3-4,6-7,10-15,18-19H2,1-2,5H3. The first-order chi connectivity index (χ1) is 12.6. The summed E-state index contributed by atoms with van der Waals surface area (Å²) in [5.74, 6) is 0. The van der Waals surface area contributed by atoms with Gasteiger partial charge in [0.1, 0.15) is 0 Å². The molecule has 142 valence electrons. The molecule has 26 heavy (non-hydrogen) atoms. The molecule has 0 heteroatoms. The first-order valence-corrected chi connectivity index (χ1v) is 10.8. The van der Waals surface area contributed by atoms with Gasteiger partial charge in [-0.1, -0.05) is 114 Å². The monoisotopic (exact) mass is 350 g/mol. The normalized spacial score (nSPS) is 15.2. The molecule has 0 nitrogen and oxygen atoms in total. The molecule has 1 aliphatic carbocycles. The lowest BCUT2D eigenvalue weighted by atomic mass is 9.69. The first kappa shape index (κ1) is 20.7. The maximum absolute atomic E-state index is 4.22. The van der Waals surface area contributed by atoms with Gasteiger partial charge in [0, 0.05) is 5.41 Å². The molecule has 0 fully saturated rings. The van der Waals surface area contributed by atoms with E-state index in [1.807, 2.05) is 0 Å². The third kappa shape index (κ3) is 4.22. The van der Waals surface area contributed by atoms with Crippen molar-refractivity contribution in [1.29, 1.82) is 0 Å². The summed E-state index contributed by atoms with van der Waals surface area (Å²) in [6.45, 7) is 15.2. The highest BCUT2D eigenvalue weighted by Gasteiger charge is 2.42. The predicted octanol–water partition coefficient (Wildman–Crippen LogP) is 8.31. The van der Waals surface area contributed by atoms with Crippen LogP contribution in [0.15, 0.2) is 49.1 Å². The lowest BCUT2D eigenvalue weighted by molar-refractivity contribution is 0.398. The molecule has 0 atom stereocenters. The number of rotatable bonds is 12. The molecule has 2 rings (SSSR count). The van der Waals surface area contributed by atoms with Crippen molar-refractivity contribution in [2.24, 2.45) is 0 Å². The van der Waals surface area contributed by atoms with Crippen molar-refractivity contribution in [3.8, 4) is 0 Å². The van der Waals surface area contributed by atoms with Crippen LogP contribution >= 0.6 is 0 Å². The molecule has 0 bridgehead atoms. The van der Waals surface area contributed by atoms with Gasteiger partial charge in [-0.25, -0.2) is 0 Å². The van der Waals surface area contributed by atoms with E-state index in [1.54, 1.807) is 0 Å². The quantitative estimate of drug-likeness (QED) is 0.332. The van der Waals surface area contributed by atoms with Crippen LogP contribution in [-0.2, 0) is 5.41 Å². The Hall–Kier alpha value is -1.56. The average Bonchev–Trinajstić information content (AvgIpc) is 2.91. The van der Waals surface area contributed by atoms with Crippen LogP contribution in [0.4, 0.5) is 0 Å². The highest BCUT2D eigenvalue weighted by atomic mass is 14.4. The molecule has 0 radical (unpaired) electrons. The molecule has 0 saturated carbocycles. The van der Waals surface area contributed by atoms with Crippen LogP contribution in [0.1, 0.15) is 94.7 Å². The fourth-order valence-corrected chi connectivity index (χ4v) is 4.73. The summed E-state index contributed by atoms with van der Waals surface area (Å²) in [5, 5.41) is 0. The fourth-order valence-electron chi connectivity index (χ4n) is 4.73. The van der Waals surface area contributed by atoms with E-state index in [-0.39, 0.29) is 5.41 Å². The van der Waals surface area contributed by atoms with Crippen LogP contribution in [0.25, 0.3) is 5.57 Å². The Labute approximate surface area is 162 Å². The van der Waals surface area contributed by atoms with Crippen LogP contribution in [0.3, 0.4) is 0 Å². The molecular weight excluding hydrogens is 312 g/mol. The Morgan fingerprint density at radius 3 is 1.96 bits per heavy atom. The average molecular weight is 351 g/mol. The molecule has 0 saturated heterocycles. The molecule has 1 aromatic rings. The number of allylic oxidation sites excluding steroid dienone is 4. The van der Waals surface area contributed by atoms with E-state index < -0.39 is 0 Å². The number of benzene rings is 1.